The van der Waals surface area contributed by atoms with Crippen molar-refractivity contribution in [3.8, 4) is 5.75 Å². The lowest BCUT2D eigenvalue weighted by molar-refractivity contribution is -0.139. The second kappa shape index (κ2) is 10.5. The van der Waals surface area contributed by atoms with Gasteiger partial charge in [0, 0.05) is 37.8 Å². The van der Waals surface area contributed by atoms with Crippen LogP contribution in [0.4, 0.5) is 0 Å². The van der Waals surface area contributed by atoms with E-state index >= 15 is 0 Å². The van der Waals surface area contributed by atoms with Gasteiger partial charge < -0.3 is 19.9 Å². The molecule has 2 amide bonds. The first-order valence-corrected chi connectivity index (χ1v) is 11.3. The molecule has 1 aliphatic rings. The molecule has 9 heteroatoms. The number of rotatable bonds is 9. The fourth-order valence-corrected chi connectivity index (χ4v) is 3.82. The van der Waals surface area contributed by atoms with Crippen molar-refractivity contribution in [3.63, 3.8) is 0 Å². The molecule has 0 aliphatic carbocycles. The van der Waals surface area contributed by atoms with Crippen LogP contribution in [0.5, 0.6) is 5.75 Å². The topological polar surface area (TPSA) is 92.6 Å². The molecule has 0 radical (unpaired) electrons. The highest BCUT2D eigenvalue weighted by Gasteiger charge is 2.37. The molecule has 2 aromatic carbocycles. The number of benzene rings is 2. The first kappa shape index (κ1) is 23.4. The SMILES string of the molecule is COc1ccc(C(=O)NC(C(=O)N2CC(n3cc(CCN(C)C)nn3)C2)c2ccccc2)cc1. The van der Waals surface area contributed by atoms with Gasteiger partial charge in [-0.25, -0.2) is 4.68 Å². The van der Waals surface area contributed by atoms with Gasteiger partial charge in [-0.3, -0.25) is 9.59 Å². The Balaban J connectivity index is 1.42. The number of amides is 2. The molecule has 178 valence electrons. The second-order valence-corrected chi connectivity index (χ2v) is 8.69. The van der Waals surface area contributed by atoms with Gasteiger partial charge in [-0.2, -0.15) is 0 Å². The van der Waals surface area contributed by atoms with Crippen molar-refractivity contribution in [3.05, 3.63) is 77.6 Å². The normalized spacial score (nSPS) is 14.5. The van der Waals surface area contributed by atoms with Gasteiger partial charge in [0.05, 0.1) is 18.8 Å². The zero-order chi connectivity index (χ0) is 24.1. The molecule has 34 heavy (non-hydrogen) atoms. The molecular weight excluding hydrogens is 432 g/mol. The van der Waals surface area contributed by atoms with Gasteiger partial charge in [0.2, 0.25) is 5.91 Å². The number of hydrogen-bond acceptors (Lipinski definition) is 6. The summed E-state index contributed by atoms with van der Waals surface area (Å²) in [6, 6.07) is 15.4. The largest absolute Gasteiger partial charge is 0.497 e. The number of aromatic nitrogens is 3. The number of likely N-dealkylation sites (N-methyl/N-ethyl adjacent to an activating group) is 1. The van der Waals surface area contributed by atoms with Crippen LogP contribution in [-0.2, 0) is 11.2 Å². The molecule has 0 bridgehead atoms. The number of hydrogen-bond donors (Lipinski definition) is 1. The molecule has 1 aliphatic heterocycles. The summed E-state index contributed by atoms with van der Waals surface area (Å²) < 4.78 is 6.99. The Morgan fingerprint density at radius 3 is 2.47 bits per heavy atom. The number of likely N-dealkylation sites (tertiary alicyclic amines) is 1. The van der Waals surface area contributed by atoms with Gasteiger partial charge >= 0.3 is 0 Å². The van der Waals surface area contributed by atoms with Gasteiger partial charge in [0.1, 0.15) is 11.8 Å². The van der Waals surface area contributed by atoms with Crippen molar-refractivity contribution in [1.29, 1.82) is 0 Å². The lowest BCUT2D eigenvalue weighted by Gasteiger charge is -2.40. The monoisotopic (exact) mass is 462 g/mol. The van der Waals surface area contributed by atoms with Crippen LogP contribution in [0.3, 0.4) is 0 Å². The van der Waals surface area contributed by atoms with Crippen molar-refractivity contribution in [2.24, 2.45) is 0 Å². The molecule has 2 heterocycles. The standard InChI is InChI=1S/C25H30N6O3/c1-29(2)14-13-20-15-31(28-27-20)21-16-30(17-21)25(33)23(18-7-5-4-6-8-18)26-24(32)19-9-11-22(34-3)12-10-19/h4-12,15,21,23H,13-14,16-17H2,1-3H3,(H,26,32). The summed E-state index contributed by atoms with van der Waals surface area (Å²) in [6.45, 7) is 1.95. The quantitative estimate of drug-likeness (QED) is 0.523. The molecule has 0 saturated carbocycles. The molecule has 9 nitrogen and oxygen atoms in total. The van der Waals surface area contributed by atoms with E-state index < -0.39 is 6.04 Å². The van der Waals surface area contributed by atoms with Crippen LogP contribution in [-0.4, -0.2) is 77.4 Å². The van der Waals surface area contributed by atoms with Crippen LogP contribution in [0.2, 0.25) is 0 Å². The Labute approximate surface area is 199 Å². The number of methoxy groups -OCH3 is 1. The van der Waals surface area contributed by atoms with E-state index in [0.717, 1.165) is 24.2 Å². The predicted molar refractivity (Wildman–Crippen MR) is 128 cm³/mol. The maximum absolute atomic E-state index is 13.4. The molecule has 1 saturated heterocycles. The Morgan fingerprint density at radius 2 is 1.82 bits per heavy atom. The highest BCUT2D eigenvalue weighted by Crippen LogP contribution is 2.26. The zero-order valence-electron chi connectivity index (χ0n) is 19.7. The van der Waals surface area contributed by atoms with Gasteiger partial charge in [-0.1, -0.05) is 35.5 Å². The fourth-order valence-electron chi connectivity index (χ4n) is 3.82. The fraction of sp³-hybridized carbons (Fsp3) is 0.360. The Morgan fingerprint density at radius 1 is 1.12 bits per heavy atom. The first-order chi connectivity index (χ1) is 16.4. The third-order valence-electron chi connectivity index (χ3n) is 5.93. The lowest BCUT2D eigenvalue weighted by atomic mass is 10.0. The average Bonchev–Trinajstić information content (AvgIpc) is 3.29. The van der Waals surface area contributed by atoms with Crippen molar-refractivity contribution in [2.75, 3.05) is 40.8 Å². The minimum absolute atomic E-state index is 0.0817. The molecule has 1 unspecified atom stereocenters. The summed E-state index contributed by atoms with van der Waals surface area (Å²) in [4.78, 5) is 30.2. The predicted octanol–water partition coefficient (Wildman–Crippen LogP) is 1.95. The van der Waals surface area contributed by atoms with E-state index in [9.17, 15) is 9.59 Å². The summed E-state index contributed by atoms with van der Waals surface area (Å²) in [6.07, 6.45) is 2.78. The van der Waals surface area contributed by atoms with E-state index in [1.165, 1.54) is 0 Å². The Hall–Kier alpha value is -3.72. The minimum atomic E-state index is -0.775. The van der Waals surface area contributed by atoms with E-state index in [4.69, 9.17) is 4.74 Å². The third-order valence-corrected chi connectivity index (χ3v) is 5.93. The number of nitrogens with one attached hydrogen (secondary N) is 1. The number of carbonyl (C=O) groups is 2. The van der Waals surface area contributed by atoms with E-state index in [1.54, 1.807) is 36.3 Å². The van der Waals surface area contributed by atoms with Crippen LogP contribution in [0.15, 0.2) is 60.8 Å². The van der Waals surface area contributed by atoms with E-state index in [0.29, 0.717) is 24.4 Å². The smallest absolute Gasteiger partial charge is 0.252 e. The number of carbonyl (C=O) groups excluding carboxylic acids is 2. The molecule has 1 fully saturated rings. The molecule has 0 spiro atoms. The molecule has 3 aromatic rings. The third kappa shape index (κ3) is 5.43. The Kier molecular flexibility index (Phi) is 7.22. The summed E-state index contributed by atoms with van der Waals surface area (Å²) in [5.74, 6) is 0.206. The first-order valence-electron chi connectivity index (χ1n) is 11.3. The molecule has 4 rings (SSSR count). The number of ether oxygens (including phenoxy) is 1. The van der Waals surface area contributed by atoms with Crippen LogP contribution in [0.1, 0.15) is 33.7 Å². The van der Waals surface area contributed by atoms with E-state index in [-0.39, 0.29) is 17.9 Å². The zero-order valence-corrected chi connectivity index (χ0v) is 19.7. The van der Waals surface area contributed by atoms with Crippen molar-refractivity contribution in [2.45, 2.75) is 18.5 Å². The van der Waals surface area contributed by atoms with Crippen molar-refractivity contribution < 1.29 is 14.3 Å². The Bertz CT molecular complexity index is 1110. The minimum Gasteiger partial charge on any atom is -0.497 e. The maximum atomic E-state index is 13.4. The average molecular weight is 463 g/mol. The van der Waals surface area contributed by atoms with Crippen LogP contribution in [0, 0.1) is 0 Å². The summed E-state index contributed by atoms with van der Waals surface area (Å²) in [7, 11) is 5.62. The highest BCUT2D eigenvalue weighted by molar-refractivity contribution is 5.98. The van der Waals surface area contributed by atoms with Crippen LogP contribution in [0.25, 0.3) is 0 Å². The van der Waals surface area contributed by atoms with Crippen molar-refractivity contribution >= 4 is 11.8 Å². The molecule has 1 N–H and O–H groups in total. The second-order valence-electron chi connectivity index (χ2n) is 8.69. The summed E-state index contributed by atoms with van der Waals surface area (Å²) >= 11 is 0. The van der Waals surface area contributed by atoms with Crippen molar-refractivity contribution in [1.82, 2.24) is 30.1 Å². The molecule has 1 aromatic heterocycles. The van der Waals surface area contributed by atoms with E-state index in [1.807, 2.05) is 55.3 Å². The summed E-state index contributed by atoms with van der Waals surface area (Å²) in [5.41, 5.74) is 2.14. The van der Waals surface area contributed by atoms with Gasteiger partial charge in [0.25, 0.3) is 5.91 Å². The number of nitrogens with zero attached hydrogens (tertiary/aromatic N) is 5. The van der Waals surface area contributed by atoms with Crippen LogP contribution < -0.4 is 10.1 Å². The lowest BCUT2D eigenvalue weighted by Crippen LogP contribution is -2.54. The van der Waals surface area contributed by atoms with Gasteiger partial charge in [0.15, 0.2) is 0 Å². The highest BCUT2D eigenvalue weighted by atomic mass is 16.5. The van der Waals surface area contributed by atoms with Crippen LogP contribution >= 0.6 is 0 Å². The van der Waals surface area contributed by atoms with E-state index in [2.05, 4.69) is 20.5 Å². The maximum Gasteiger partial charge on any atom is 0.252 e. The molecular formula is C25H30N6O3. The molecule has 1 atom stereocenters. The van der Waals surface area contributed by atoms with Gasteiger partial charge in [-0.15, -0.1) is 5.10 Å². The van der Waals surface area contributed by atoms with Gasteiger partial charge in [-0.05, 0) is 43.9 Å². The summed E-state index contributed by atoms with van der Waals surface area (Å²) in [5, 5.41) is 11.4.